The van der Waals surface area contributed by atoms with Crippen LogP contribution in [0.3, 0.4) is 0 Å². The summed E-state index contributed by atoms with van der Waals surface area (Å²) in [5.41, 5.74) is 0. The van der Waals surface area contributed by atoms with E-state index in [0.29, 0.717) is 0 Å². The fraction of sp³-hybridized carbons (Fsp3) is 0.778. The highest BCUT2D eigenvalue weighted by molar-refractivity contribution is 4.79. The average Bonchev–Trinajstić information content (AvgIpc) is 2.14. The zero-order chi connectivity index (χ0) is 9.52. The number of ether oxygens (including phenoxy) is 1. The molecule has 2 N–H and O–H groups in total. The third-order valence-corrected chi connectivity index (χ3v) is 1.93. The van der Waals surface area contributed by atoms with Gasteiger partial charge in [-0.05, 0) is 19.9 Å². The van der Waals surface area contributed by atoms with Gasteiger partial charge in [0.25, 0.3) is 0 Å². The lowest BCUT2D eigenvalue weighted by atomic mass is 10.3. The van der Waals surface area contributed by atoms with Gasteiger partial charge < -0.3 is 14.7 Å². The summed E-state index contributed by atoms with van der Waals surface area (Å²) in [5, 5.41) is 11.9. The molecule has 76 valence electrons. The Labute approximate surface area is 79.2 Å². The molecule has 0 aliphatic carbocycles. The molecule has 1 aliphatic heterocycles. The van der Waals surface area contributed by atoms with Gasteiger partial charge >= 0.3 is 0 Å². The third-order valence-electron chi connectivity index (χ3n) is 1.93. The van der Waals surface area contributed by atoms with Crippen LogP contribution in [0.25, 0.3) is 0 Å². The van der Waals surface area contributed by atoms with Crippen molar-refractivity contribution in [2.45, 2.75) is 19.6 Å². The second-order valence-electron chi connectivity index (χ2n) is 3.18. The molecule has 1 rings (SSSR count). The average molecular weight is 186 g/mol. The molecule has 1 heterocycles. The van der Waals surface area contributed by atoms with Crippen LogP contribution in [0.4, 0.5) is 0 Å². The van der Waals surface area contributed by atoms with E-state index in [9.17, 15) is 0 Å². The molecule has 0 saturated carbocycles. The topological polar surface area (TPSA) is 44.7 Å². The van der Waals surface area contributed by atoms with Crippen molar-refractivity contribution in [3.63, 3.8) is 0 Å². The predicted octanol–water partition coefficient (Wildman–Crippen LogP) is 0.108. The maximum absolute atomic E-state index is 8.93. The Morgan fingerprint density at radius 2 is 2.54 bits per heavy atom. The Bertz CT molecular complexity index is 160. The third kappa shape index (κ3) is 4.75. The smallest absolute Gasteiger partial charge is 0.105 e. The highest BCUT2D eigenvalue weighted by Crippen LogP contribution is 1.98. The van der Waals surface area contributed by atoms with Crippen molar-refractivity contribution in [3.05, 3.63) is 12.5 Å². The number of nitrogens with zero attached hydrogens (tertiary/aromatic N) is 1. The molecule has 0 spiro atoms. The zero-order valence-electron chi connectivity index (χ0n) is 8.07. The first-order chi connectivity index (χ1) is 6.29. The van der Waals surface area contributed by atoms with Gasteiger partial charge in [0.1, 0.15) is 12.8 Å². The Kier molecular flexibility index (Phi) is 4.64. The van der Waals surface area contributed by atoms with Crippen molar-refractivity contribution < 1.29 is 9.84 Å². The Balaban J connectivity index is 1.98. The van der Waals surface area contributed by atoms with Gasteiger partial charge in [-0.2, -0.15) is 0 Å². The second-order valence-corrected chi connectivity index (χ2v) is 3.18. The minimum absolute atomic E-state index is 0.403. The van der Waals surface area contributed by atoms with Gasteiger partial charge in [-0.1, -0.05) is 0 Å². The first-order valence-electron chi connectivity index (χ1n) is 4.73. The molecule has 0 radical (unpaired) electrons. The summed E-state index contributed by atoms with van der Waals surface area (Å²) in [7, 11) is 0. The predicted molar refractivity (Wildman–Crippen MR) is 51.0 cm³/mol. The fourth-order valence-corrected chi connectivity index (χ4v) is 1.22. The van der Waals surface area contributed by atoms with Gasteiger partial charge in [-0.15, -0.1) is 0 Å². The molecule has 0 aromatic carbocycles. The lowest BCUT2D eigenvalue weighted by Crippen LogP contribution is -2.31. The number of hydrogen-bond acceptors (Lipinski definition) is 4. The van der Waals surface area contributed by atoms with E-state index < -0.39 is 6.23 Å². The SMILES string of the molecule is CC(O)NCCCN1C=COCC1. The van der Waals surface area contributed by atoms with Crippen LogP contribution >= 0.6 is 0 Å². The largest absolute Gasteiger partial charge is 0.498 e. The van der Waals surface area contributed by atoms with E-state index in [1.807, 2.05) is 6.20 Å². The molecule has 4 nitrogen and oxygen atoms in total. The molecule has 0 aromatic rings. The van der Waals surface area contributed by atoms with E-state index in [-0.39, 0.29) is 0 Å². The van der Waals surface area contributed by atoms with Gasteiger partial charge in [0, 0.05) is 12.7 Å². The number of aliphatic hydroxyl groups is 1. The van der Waals surface area contributed by atoms with Crippen LogP contribution in [-0.2, 0) is 4.74 Å². The normalized spacial score (nSPS) is 18.5. The van der Waals surface area contributed by atoms with Gasteiger partial charge in [0.2, 0.25) is 0 Å². The van der Waals surface area contributed by atoms with E-state index in [1.165, 1.54) is 0 Å². The van der Waals surface area contributed by atoms with E-state index in [0.717, 1.165) is 32.7 Å². The van der Waals surface area contributed by atoms with Crippen LogP contribution in [-0.4, -0.2) is 42.5 Å². The van der Waals surface area contributed by atoms with Crippen LogP contribution in [0.5, 0.6) is 0 Å². The summed E-state index contributed by atoms with van der Waals surface area (Å²) in [5.74, 6) is 0. The van der Waals surface area contributed by atoms with Gasteiger partial charge in [0.15, 0.2) is 0 Å². The van der Waals surface area contributed by atoms with Crippen molar-refractivity contribution in [2.75, 3.05) is 26.2 Å². The second kappa shape index (κ2) is 5.83. The number of hydrogen-bond donors (Lipinski definition) is 2. The van der Waals surface area contributed by atoms with E-state index >= 15 is 0 Å². The van der Waals surface area contributed by atoms with Gasteiger partial charge in [-0.3, -0.25) is 5.32 Å². The summed E-state index contributed by atoms with van der Waals surface area (Å²) in [6, 6.07) is 0. The van der Waals surface area contributed by atoms with E-state index in [2.05, 4.69) is 10.2 Å². The quantitative estimate of drug-likeness (QED) is 0.472. The standard InChI is InChI=1S/C9H18N2O2/c1-9(12)10-3-2-4-11-5-7-13-8-6-11/h5,7,9-10,12H,2-4,6,8H2,1H3. The zero-order valence-corrected chi connectivity index (χ0v) is 8.07. The number of nitrogens with one attached hydrogen (secondary N) is 1. The van der Waals surface area contributed by atoms with Crippen LogP contribution < -0.4 is 5.32 Å². The van der Waals surface area contributed by atoms with Gasteiger partial charge in [-0.25, -0.2) is 0 Å². The summed E-state index contributed by atoms with van der Waals surface area (Å²) in [4.78, 5) is 2.22. The number of rotatable bonds is 5. The molecule has 4 heteroatoms. The summed E-state index contributed by atoms with van der Waals surface area (Å²) < 4.78 is 5.07. The van der Waals surface area contributed by atoms with Crippen LogP contribution in [0.1, 0.15) is 13.3 Å². The highest BCUT2D eigenvalue weighted by atomic mass is 16.5. The Morgan fingerprint density at radius 1 is 1.69 bits per heavy atom. The molecule has 13 heavy (non-hydrogen) atoms. The molecular weight excluding hydrogens is 168 g/mol. The van der Waals surface area contributed by atoms with Crippen LogP contribution in [0.15, 0.2) is 12.5 Å². The molecule has 1 unspecified atom stereocenters. The minimum atomic E-state index is -0.403. The lowest BCUT2D eigenvalue weighted by molar-refractivity contribution is 0.150. The van der Waals surface area contributed by atoms with Crippen molar-refractivity contribution >= 4 is 0 Å². The number of aliphatic hydroxyl groups excluding tert-OH is 1. The molecule has 0 fully saturated rings. The molecule has 1 aliphatic rings. The van der Waals surface area contributed by atoms with E-state index in [1.54, 1.807) is 13.2 Å². The first kappa shape index (κ1) is 10.3. The molecule has 0 bridgehead atoms. The molecule has 1 atom stereocenters. The lowest BCUT2D eigenvalue weighted by Gasteiger charge is -2.23. The van der Waals surface area contributed by atoms with Crippen molar-refractivity contribution in [1.82, 2.24) is 10.2 Å². The molecule has 0 amide bonds. The highest BCUT2D eigenvalue weighted by Gasteiger charge is 2.02. The Hall–Kier alpha value is -0.740. The van der Waals surface area contributed by atoms with Crippen molar-refractivity contribution in [2.24, 2.45) is 0 Å². The Morgan fingerprint density at radius 3 is 3.15 bits per heavy atom. The minimum Gasteiger partial charge on any atom is -0.498 e. The summed E-state index contributed by atoms with van der Waals surface area (Å²) in [6.07, 6.45) is 4.33. The molecular formula is C9H18N2O2. The molecule has 0 aromatic heterocycles. The van der Waals surface area contributed by atoms with Crippen LogP contribution in [0.2, 0.25) is 0 Å². The summed E-state index contributed by atoms with van der Waals surface area (Å²) in [6.45, 7) is 5.34. The van der Waals surface area contributed by atoms with Crippen LogP contribution in [0, 0.1) is 0 Å². The maximum atomic E-state index is 8.93. The first-order valence-corrected chi connectivity index (χ1v) is 4.73. The summed E-state index contributed by atoms with van der Waals surface area (Å²) >= 11 is 0. The van der Waals surface area contributed by atoms with Crippen molar-refractivity contribution in [3.8, 4) is 0 Å². The van der Waals surface area contributed by atoms with E-state index in [4.69, 9.17) is 9.84 Å². The van der Waals surface area contributed by atoms with Gasteiger partial charge in [0.05, 0.1) is 12.8 Å². The molecule has 0 saturated heterocycles. The maximum Gasteiger partial charge on any atom is 0.105 e. The monoisotopic (exact) mass is 186 g/mol. The fourth-order valence-electron chi connectivity index (χ4n) is 1.22. The van der Waals surface area contributed by atoms with Crippen molar-refractivity contribution in [1.29, 1.82) is 0 Å².